The van der Waals surface area contributed by atoms with Crippen molar-refractivity contribution in [2.24, 2.45) is 0 Å². The molecule has 0 bridgehead atoms. The van der Waals surface area contributed by atoms with Crippen LogP contribution >= 0.6 is 0 Å². The van der Waals surface area contributed by atoms with Gasteiger partial charge in [-0.1, -0.05) is 13.8 Å². The van der Waals surface area contributed by atoms with E-state index in [1.54, 1.807) is 16.9 Å². The summed E-state index contributed by atoms with van der Waals surface area (Å²) in [5.74, 6) is 0. The Bertz CT molecular complexity index is 621. The SMILES string of the molecule is CCc1nn(-c2ccncc2N)c(CC)c1[N+](=O)[O-]. The van der Waals surface area contributed by atoms with Gasteiger partial charge in [0.1, 0.15) is 11.4 Å². The van der Waals surface area contributed by atoms with Crippen LogP contribution in [0.4, 0.5) is 11.4 Å². The van der Waals surface area contributed by atoms with Crippen LogP contribution in [-0.2, 0) is 12.8 Å². The van der Waals surface area contributed by atoms with E-state index in [0.717, 1.165) is 0 Å². The molecule has 0 aliphatic rings. The number of aromatic nitrogens is 3. The maximum absolute atomic E-state index is 11.2. The van der Waals surface area contributed by atoms with Gasteiger partial charge < -0.3 is 5.73 Å². The maximum atomic E-state index is 11.2. The number of nitrogens with zero attached hydrogens (tertiary/aromatic N) is 4. The molecular weight excluding hydrogens is 246 g/mol. The normalized spacial score (nSPS) is 10.6. The van der Waals surface area contributed by atoms with Gasteiger partial charge in [0, 0.05) is 6.20 Å². The van der Waals surface area contributed by atoms with E-state index >= 15 is 0 Å². The molecule has 0 fully saturated rings. The molecule has 0 unspecified atom stereocenters. The Kier molecular flexibility index (Phi) is 3.46. The molecule has 19 heavy (non-hydrogen) atoms. The third kappa shape index (κ3) is 2.14. The van der Waals surface area contributed by atoms with Gasteiger partial charge in [-0.3, -0.25) is 15.1 Å². The Morgan fingerprint density at radius 3 is 2.68 bits per heavy atom. The van der Waals surface area contributed by atoms with Crippen LogP contribution in [0, 0.1) is 10.1 Å². The van der Waals surface area contributed by atoms with Crippen LogP contribution in [0.5, 0.6) is 0 Å². The molecule has 0 radical (unpaired) electrons. The molecule has 0 aliphatic carbocycles. The maximum Gasteiger partial charge on any atom is 0.313 e. The van der Waals surface area contributed by atoms with Crippen LogP contribution in [0.15, 0.2) is 18.5 Å². The van der Waals surface area contributed by atoms with Crippen LogP contribution in [-0.4, -0.2) is 19.7 Å². The molecule has 2 N–H and O–H groups in total. The van der Waals surface area contributed by atoms with E-state index in [0.29, 0.717) is 35.6 Å². The molecule has 7 nitrogen and oxygen atoms in total. The number of hydrogen-bond donors (Lipinski definition) is 1. The van der Waals surface area contributed by atoms with Gasteiger partial charge in [0.25, 0.3) is 0 Å². The van der Waals surface area contributed by atoms with Gasteiger partial charge >= 0.3 is 5.69 Å². The lowest BCUT2D eigenvalue weighted by atomic mass is 10.2. The van der Waals surface area contributed by atoms with Gasteiger partial charge in [-0.05, 0) is 18.9 Å². The zero-order valence-electron chi connectivity index (χ0n) is 10.8. The molecule has 2 aromatic rings. The summed E-state index contributed by atoms with van der Waals surface area (Å²) in [6.07, 6.45) is 4.10. The first-order chi connectivity index (χ1) is 9.10. The first-order valence-corrected chi connectivity index (χ1v) is 6.05. The lowest BCUT2D eigenvalue weighted by molar-refractivity contribution is -0.386. The number of pyridine rings is 1. The van der Waals surface area contributed by atoms with E-state index in [9.17, 15) is 10.1 Å². The van der Waals surface area contributed by atoms with E-state index in [1.165, 1.54) is 6.20 Å². The van der Waals surface area contributed by atoms with Gasteiger partial charge in [0.05, 0.1) is 22.5 Å². The van der Waals surface area contributed by atoms with E-state index in [1.807, 2.05) is 13.8 Å². The van der Waals surface area contributed by atoms with Crippen molar-refractivity contribution >= 4 is 11.4 Å². The lowest BCUT2D eigenvalue weighted by Gasteiger charge is -2.07. The number of rotatable bonds is 4. The highest BCUT2D eigenvalue weighted by atomic mass is 16.6. The Balaban J connectivity index is 2.71. The first kappa shape index (κ1) is 13.0. The minimum Gasteiger partial charge on any atom is -0.396 e. The van der Waals surface area contributed by atoms with Gasteiger partial charge in [0.2, 0.25) is 0 Å². The molecular formula is C12H15N5O2. The average molecular weight is 261 g/mol. The number of nitrogen functional groups attached to an aromatic ring is 1. The highest BCUT2D eigenvalue weighted by Gasteiger charge is 2.26. The molecule has 2 heterocycles. The second-order valence-corrected chi connectivity index (χ2v) is 4.05. The molecule has 0 amide bonds. The third-order valence-electron chi connectivity index (χ3n) is 2.93. The second kappa shape index (κ2) is 5.05. The Labute approximate surface area is 110 Å². The highest BCUT2D eigenvalue weighted by molar-refractivity contribution is 5.58. The number of hydrogen-bond acceptors (Lipinski definition) is 5. The van der Waals surface area contributed by atoms with E-state index < -0.39 is 0 Å². The quantitative estimate of drug-likeness (QED) is 0.669. The summed E-state index contributed by atoms with van der Waals surface area (Å²) >= 11 is 0. The molecule has 100 valence electrons. The van der Waals surface area contributed by atoms with E-state index in [4.69, 9.17) is 5.73 Å². The van der Waals surface area contributed by atoms with Crippen molar-refractivity contribution < 1.29 is 4.92 Å². The van der Waals surface area contributed by atoms with Gasteiger partial charge in [0.15, 0.2) is 0 Å². The fourth-order valence-electron chi connectivity index (χ4n) is 2.05. The smallest absolute Gasteiger partial charge is 0.313 e. The fraction of sp³-hybridized carbons (Fsp3) is 0.333. The predicted molar refractivity (Wildman–Crippen MR) is 71.2 cm³/mol. The van der Waals surface area contributed by atoms with Gasteiger partial charge in [-0.25, -0.2) is 4.68 Å². The largest absolute Gasteiger partial charge is 0.396 e. The fourth-order valence-corrected chi connectivity index (χ4v) is 2.05. The highest BCUT2D eigenvalue weighted by Crippen LogP contribution is 2.28. The Hall–Kier alpha value is -2.44. The summed E-state index contributed by atoms with van der Waals surface area (Å²) in [4.78, 5) is 14.7. The number of nitro groups is 1. The molecule has 0 atom stereocenters. The van der Waals surface area contributed by atoms with Crippen molar-refractivity contribution in [2.45, 2.75) is 26.7 Å². The molecule has 0 saturated carbocycles. The molecule has 0 aliphatic heterocycles. The molecule has 0 aromatic carbocycles. The van der Waals surface area contributed by atoms with Crippen molar-refractivity contribution in [3.8, 4) is 5.69 Å². The summed E-state index contributed by atoms with van der Waals surface area (Å²) in [5.41, 5.74) is 8.03. The lowest BCUT2D eigenvalue weighted by Crippen LogP contribution is -2.06. The predicted octanol–water partition coefficient (Wildman–Crippen LogP) is 1.88. The standard InChI is InChI=1S/C12H15N5O2/c1-3-9-12(17(18)19)10(4-2)16(15-9)11-5-6-14-7-8(11)13/h5-7H,3-4,13H2,1-2H3. The van der Waals surface area contributed by atoms with Crippen molar-refractivity contribution in [3.63, 3.8) is 0 Å². The van der Waals surface area contributed by atoms with Crippen molar-refractivity contribution in [3.05, 3.63) is 40.0 Å². The molecule has 2 rings (SSSR count). The minimum absolute atomic E-state index is 0.0845. The monoisotopic (exact) mass is 261 g/mol. The van der Waals surface area contributed by atoms with Crippen LogP contribution in [0.2, 0.25) is 0 Å². The first-order valence-electron chi connectivity index (χ1n) is 6.05. The Morgan fingerprint density at radius 2 is 2.16 bits per heavy atom. The molecule has 0 saturated heterocycles. The van der Waals surface area contributed by atoms with Crippen LogP contribution in [0.25, 0.3) is 5.69 Å². The van der Waals surface area contributed by atoms with Crippen molar-refractivity contribution in [1.82, 2.24) is 14.8 Å². The van der Waals surface area contributed by atoms with Crippen molar-refractivity contribution in [1.29, 1.82) is 0 Å². The zero-order valence-corrected chi connectivity index (χ0v) is 10.8. The van der Waals surface area contributed by atoms with Crippen LogP contribution in [0.3, 0.4) is 0 Å². The summed E-state index contributed by atoms with van der Waals surface area (Å²) in [6.45, 7) is 3.70. The summed E-state index contributed by atoms with van der Waals surface area (Å²) in [5, 5.41) is 15.5. The third-order valence-corrected chi connectivity index (χ3v) is 2.93. The summed E-state index contributed by atoms with van der Waals surface area (Å²) in [7, 11) is 0. The number of aryl methyl sites for hydroxylation is 1. The van der Waals surface area contributed by atoms with Gasteiger partial charge in [-0.15, -0.1) is 0 Å². The van der Waals surface area contributed by atoms with Gasteiger partial charge in [-0.2, -0.15) is 5.10 Å². The van der Waals surface area contributed by atoms with E-state index in [2.05, 4.69) is 10.1 Å². The summed E-state index contributed by atoms with van der Waals surface area (Å²) in [6, 6.07) is 1.70. The average Bonchev–Trinajstić information content (AvgIpc) is 2.77. The number of nitrogens with two attached hydrogens (primary N) is 1. The molecule has 7 heteroatoms. The van der Waals surface area contributed by atoms with Crippen LogP contribution < -0.4 is 5.73 Å². The second-order valence-electron chi connectivity index (χ2n) is 4.05. The Morgan fingerprint density at radius 1 is 1.42 bits per heavy atom. The van der Waals surface area contributed by atoms with Crippen LogP contribution in [0.1, 0.15) is 25.2 Å². The molecule has 0 spiro atoms. The number of anilines is 1. The van der Waals surface area contributed by atoms with E-state index in [-0.39, 0.29) is 10.6 Å². The zero-order chi connectivity index (χ0) is 14.0. The van der Waals surface area contributed by atoms with Crippen molar-refractivity contribution in [2.75, 3.05) is 5.73 Å². The molecule has 2 aromatic heterocycles. The summed E-state index contributed by atoms with van der Waals surface area (Å²) < 4.78 is 1.55. The minimum atomic E-state index is -0.376. The topological polar surface area (TPSA) is 99.9 Å².